The summed E-state index contributed by atoms with van der Waals surface area (Å²) in [5.74, 6) is -2.80. The summed E-state index contributed by atoms with van der Waals surface area (Å²) in [7, 11) is 0. The van der Waals surface area contributed by atoms with Crippen molar-refractivity contribution in [2.45, 2.75) is 37.6 Å². The Balaban J connectivity index is 1.92. The maximum absolute atomic E-state index is 13.2. The van der Waals surface area contributed by atoms with Gasteiger partial charge in [0, 0.05) is 17.7 Å². The summed E-state index contributed by atoms with van der Waals surface area (Å²) >= 11 is 0. The standard InChI is InChI=1S/C21H20O11/c1-7-15(26)17(28)18(29)21(30-7)32-20-16(27)14-12(25)5-9(22)6-13(14)31-19(20)8-2-3-10(23)11(24)4-8/h2-7,15,17-18,21-26,28-29H,1H3/t7-,15-,17-,18-,21+/m1/s1. The Hall–Kier alpha value is -3.51. The van der Waals surface area contributed by atoms with Gasteiger partial charge in [0.15, 0.2) is 17.3 Å². The zero-order valence-corrected chi connectivity index (χ0v) is 16.5. The summed E-state index contributed by atoms with van der Waals surface area (Å²) in [4.78, 5) is 13.2. The summed E-state index contributed by atoms with van der Waals surface area (Å²) in [6.45, 7) is 1.42. The Morgan fingerprint density at radius 1 is 0.875 bits per heavy atom. The fourth-order valence-corrected chi connectivity index (χ4v) is 3.46. The highest BCUT2D eigenvalue weighted by molar-refractivity contribution is 5.88. The van der Waals surface area contributed by atoms with Crippen molar-refractivity contribution in [2.24, 2.45) is 0 Å². The van der Waals surface area contributed by atoms with E-state index < -0.39 is 59.1 Å². The molecule has 170 valence electrons. The average molecular weight is 448 g/mol. The lowest BCUT2D eigenvalue weighted by atomic mass is 10.00. The molecule has 0 bridgehead atoms. The summed E-state index contributed by atoms with van der Waals surface area (Å²) in [5.41, 5.74) is -1.05. The Morgan fingerprint density at radius 3 is 2.28 bits per heavy atom. The van der Waals surface area contributed by atoms with Gasteiger partial charge in [-0.15, -0.1) is 0 Å². The Morgan fingerprint density at radius 2 is 1.59 bits per heavy atom. The first-order chi connectivity index (χ1) is 15.1. The normalized spacial score (nSPS) is 25.7. The van der Waals surface area contributed by atoms with Crippen LogP contribution in [0.25, 0.3) is 22.3 Å². The number of ether oxygens (including phenoxy) is 2. The molecule has 0 radical (unpaired) electrons. The molecule has 0 aliphatic carbocycles. The number of benzene rings is 2. The van der Waals surface area contributed by atoms with Gasteiger partial charge in [0.05, 0.1) is 6.10 Å². The molecule has 2 heterocycles. The predicted molar refractivity (Wildman–Crippen MR) is 108 cm³/mol. The highest BCUT2D eigenvalue weighted by atomic mass is 16.7. The van der Waals surface area contributed by atoms with E-state index in [1.807, 2.05) is 0 Å². The SMILES string of the molecule is C[C@H]1O[C@@H](Oc2c(-c3ccc(O)c(O)c3)oc3cc(O)cc(O)c3c2=O)[C@H](O)[C@H](O)[C@@H]1O. The third-order valence-corrected chi connectivity index (χ3v) is 5.20. The number of hydrogen-bond donors (Lipinski definition) is 7. The van der Waals surface area contributed by atoms with Crippen LogP contribution in [0.4, 0.5) is 0 Å². The molecule has 1 aromatic heterocycles. The zero-order chi connectivity index (χ0) is 23.3. The lowest BCUT2D eigenvalue weighted by molar-refractivity contribution is -0.268. The van der Waals surface area contributed by atoms with E-state index in [1.165, 1.54) is 13.0 Å². The molecule has 32 heavy (non-hydrogen) atoms. The number of aromatic hydroxyl groups is 4. The fraction of sp³-hybridized carbons (Fsp3) is 0.286. The Labute approximate surface area is 179 Å². The second kappa shape index (κ2) is 7.88. The van der Waals surface area contributed by atoms with Crippen molar-refractivity contribution in [2.75, 3.05) is 0 Å². The monoisotopic (exact) mass is 448 g/mol. The first kappa shape index (κ1) is 21.7. The molecule has 2 aromatic carbocycles. The van der Waals surface area contributed by atoms with Crippen LogP contribution >= 0.6 is 0 Å². The van der Waals surface area contributed by atoms with Crippen LogP contribution < -0.4 is 10.2 Å². The molecule has 11 nitrogen and oxygen atoms in total. The van der Waals surface area contributed by atoms with E-state index in [-0.39, 0.29) is 28.0 Å². The first-order valence-corrected chi connectivity index (χ1v) is 9.50. The minimum absolute atomic E-state index is 0.0658. The van der Waals surface area contributed by atoms with E-state index in [4.69, 9.17) is 13.9 Å². The predicted octanol–water partition coefficient (Wildman–Crippen LogP) is 0.489. The molecule has 3 aromatic rings. The quantitative estimate of drug-likeness (QED) is 0.276. The van der Waals surface area contributed by atoms with Crippen molar-refractivity contribution in [1.82, 2.24) is 0 Å². The van der Waals surface area contributed by atoms with Crippen molar-refractivity contribution in [3.63, 3.8) is 0 Å². The van der Waals surface area contributed by atoms with Crippen LogP contribution in [0.1, 0.15) is 6.92 Å². The van der Waals surface area contributed by atoms with Gasteiger partial charge in [-0.05, 0) is 25.1 Å². The fourth-order valence-electron chi connectivity index (χ4n) is 3.46. The van der Waals surface area contributed by atoms with Crippen molar-refractivity contribution < 1.29 is 49.6 Å². The van der Waals surface area contributed by atoms with E-state index in [1.54, 1.807) is 0 Å². The number of aliphatic hydroxyl groups is 3. The van der Waals surface area contributed by atoms with Crippen LogP contribution in [0, 0.1) is 0 Å². The third-order valence-electron chi connectivity index (χ3n) is 5.20. The zero-order valence-electron chi connectivity index (χ0n) is 16.5. The highest BCUT2D eigenvalue weighted by Gasteiger charge is 2.44. The molecule has 0 unspecified atom stereocenters. The van der Waals surface area contributed by atoms with Crippen LogP contribution in [-0.2, 0) is 4.74 Å². The van der Waals surface area contributed by atoms with Gasteiger partial charge >= 0.3 is 0 Å². The minimum Gasteiger partial charge on any atom is -0.508 e. The van der Waals surface area contributed by atoms with Crippen LogP contribution in [0.5, 0.6) is 28.7 Å². The number of fused-ring (bicyclic) bond motifs is 1. The minimum atomic E-state index is -1.74. The maximum atomic E-state index is 13.2. The van der Waals surface area contributed by atoms with Crippen molar-refractivity contribution in [1.29, 1.82) is 0 Å². The number of phenolic OH excluding ortho intramolecular Hbond substituents is 4. The van der Waals surface area contributed by atoms with E-state index in [0.717, 1.165) is 24.3 Å². The molecule has 1 fully saturated rings. The van der Waals surface area contributed by atoms with Gasteiger partial charge in [-0.2, -0.15) is 0 Å². The van der Waals surface area contributed by atoms with Crippen molar-refractivity contribution in [3.8, 4) is 40.1 Å². The number of rotatable bonds is 3. The van der Waals surface area contributed by atoms with Crippen LogP contribution in [0.2, 0.25) is 0 Å². The number of phenols is 4. The number of hydrogen-bond acceptors (Lipinski definition) is 11. The molecule has 1 aliphatic rings. The molecule has 0 saturated carbocycles. The summed E-state index contributed by atoms with van der Waals surface area (Å²) < 4.78 is 16.6. The van der Waals surface area contributed by atoms with E-state index in [2.05, 4.69) is 0 Å². The smallest absolute Gasteiger partial charge is 0.239 e. The lowest BCUT2D eigenvalue weighted by Gasteiger charge is -2.38. The van der Waals surface area contributed by atoms with Gasteiger partial charge in [-0.25, -0.2) is 0 Å². The molecular weight excluding hydrogens is 428 g/mol. The number of aliphatic hydroxyl groups excluding tert-OH is 3. The molecule has 5 atom stereocenters. The summed E-state index contributed by atoms with van der Waals surface area (Å²) in [5, 5.41) is 69.2. The van der Waals surface area contributed by atoms with Gasteiger partial charge in [-0.3, -0.25) is 4.79 Å². The van der Waals surface area contributed by atoms with Gasteiger partial charge in [0.1, 0.15) is 40.8 Å². The Kier molecular flexibility index (Phi) is 5.34. The van der Waals surface area contributed by atoms with Crippen LogP contribution in [0.15, 0.2) is 39.5 Å². The molecule has 0 spiro atoms. The maximum Gasteiger partial charge on any atom is 0.239 e. The highest BCUT2D eigenvalue weighted by Crippen LogP contribution is 2.39. The molecule has 1 aliphatic heterocycles. The first-order valence-electron chi connectivity index (χ1n) is 9.50. The lowest BCUT2D eigenvalue weighted by Crippen LogP contribution is -2.58. The van der Waals surface area contributed by atoms with Crippen molar-refractivity contribution >= 4 is 11.0 Å². The second-order valence-electron chi connectivity index (χ2n) is 7.43. The molecule has 4 rings (SSSR count). The molecule has 7 N–H and O–H groups in total. The van der Waals surface area contributed by atoms with Crippen molar-refractivity contribution in [3.05, 3.63) is 40.6 Å². The summed E-state index contributed by atoms with van der Waals surface area (Å²) in [6, 6.07) is 5.51. The topological polar surface area (TPSA) is 190 Å². The summed E-state index contributed by atoms with van der Waals surface area (Å²) in [6.07, 6.45) is -7.35. The molecule has 0 amide bonds. The second-order valence-corrected chi connectivity index (χ2v) is 7.43. The van der Waals surface area contributed by atoms with Gasteiger partial charge in [0.25, 0.3) is 0 Å². The van der Waals surface area contributed by atoms with Crippen LogP contribution in [0.3, 0.4) is 0 Å². The molecular formula is C21H20O11. The van der Waals surface area contributed by atoms with Crippen LogP contribution in [-0.4, -0.2) is 66.5 Å². The Bertz CT molecular complexity index is 1230. The van der Waals surface area contributed by atoms with E-state index in [0.29, 0.717) is 0 Å². The van der Waals surface area contributed by atoms with E-state index >= 15 is 0 Å². The molecule has 11 heteroatoms. The average Bonchev–Trinajstić information content (AvgIpc) is 2.73. The third kappa shape index (κ3) is 3.56. The van der Waals surface area contributed by atoms with E-state index in [9.17, 15) is 40.5 Å². The largest absolute Gasteiger partial charge is 0.508 e. The van der Waals surface area contributed by atoms with Gasteiger partial charge in [-0.1, -0.05) is 0 Å². The molecule has 1 saturated heterocycles. The van der Waals surface area contributed by atoms with Gasteiger partial charge in [0.2, 0.25) is 17.5 Å². The van der Waals surface area contributed by atoms with Gasteiger partial charge < -0.3 is 49.6 Å².